The van der Waals surface area contributed by atoms with Gasteiger partial charge >= 0.3 is 5.97 Å². The van der Waals surface area contributed by atoms with Gasteiger partial charge in [-0.1, -0.05) is 13.8 Å². The van der Waals surface area contributed by atoms with E-state index < -0.39 is 29.3 Å². The molecule has 0 aromatic carbocycles. The number of aliphatic carboxylic acids is 1. The van der Waals surface area contributed by atoms with Gasteiger partial charge in [0, 0.05) is 13.6 Å². The van der Waals surface area contributed by atoms with Crippen LogP contribution < -0.4 is 5.32 Å². The van der Waals surface area contributed by atoms with Gasteiger partial charge in [0.05, 0.1) is 11.8 Å². The van der Waals surface area contributed by atoms with E-state index in [0.29, 0.717) is 6.54 Å². The van der Waals surface area contributed by atoms with Crippen LogP contribution in [0.2, 0.25) is 0 Å². The van der Waals surface area contributed by atoms with Crippen LogP contribution in [0.25, 0.3) is 0 Å². The Balaban J connectivity index is 2.62. The Morgan fingerprint density at radius 2 is 1.84 bits per heavy atom. The van der Waals surface area contributed by atoms with E-state index in [4.69, 9.17) is 5.11 Å². The molecule has 0 radical (unpaired) electrons. The number of nitrogens with zero attached hydrogens (tertiary/aromatic N) is 1. The minimum absolute atomic E-state index is 0.179. The first-order chi connectivity index (χ1) is 8.64. The van der Waals surface area contributed by atoms with Crippen LogP contribution in [0.5, 0.6) is 0 Å². The predicted molar refractivity (Wildman–Crippen MR) is 69.3 cm³/mol. The van der Waals surface area contributed by atoms with Crippen LogP contribution in [-0.2, 0) is 14.4 Å². The maximum Gasteiger partial charge on any atom is 0.307 e. The average molecular weight is 270 g/mol. The zero-order valence-electron chi connectivity index (χ0n) is 12.1. The Kier molecular flexibility index (Phi) is 4.22. The Morgan fingerprint density at radius 3 is 2.21 bits per heavy atom. The summed E-state index contributed by atoms with van der Waals surface area (Å²) in [5, 5.41) is 11.6. The minimum atomic E-state index is -0.963. The third kappa shape index (κ3) is 2.88. The highest BCUT2D eigenvalue weighted by Gasteiger charge is 2.66. The number of carboxylic acids is 1. The second kappa shape index (κ2) is 5.19. The third-order valence-electron chi connectivity index (χ3n) is 3.96. The average Bonchev–Trinajstić information content (AvgIpc) is 2.90. The number of likely N-dealkylation sites (N-methyl/N-ethyl adjacent to an activating group) is 1. The fourth-order valence-corrected chi connectivity index (χ4v) is 2.44. The van der Waals surface area contributed by atoms with Crippen molar-refractivity contribution < 1.29 is 19.5 Å². The van der Waals surface area contributed by atoms with Gasteiger partial charge in [-0.3, -0.25) is 14.4 Å². The second-order valence-corrected chi connectivity index (χ2v) is 5.70. The number of hydrogen-bond donors (Lipinski definition) is 2. The molecule has 1 aliphatic rings. The van der Waals surface area contributed by atoms with Crippen LogP contribution in [0, 0.1) is 17.3 Å². The third-order valence-corrected chi connectivity index (χ3v) is 3.96. The topological polar surface area (TPSA) is 86.7 Å². The van der Waals surface area contributed by atoms with Gasteiger partial charge in [0.2, 0.25) is 11.8 Å². The van der Waals surface area contributed by atoms with Gasteiger partial charge < -0.3 is 15.3 Å². The van der Waals surface area contributed by atoms with E-state index in [1.807, 2.05) is 6.92 Å². The summed E-state index contributed by atoms with van der Waals surface area (Å²) in [5.74, 6) is -2.73. The molecule has 1 rings (SSSR count). The molecule has 2 amide bonds. The normalized spacial score (nSPS) is 25.3. The minimum Gasteiger partial charge on any atom is -0.481 e. The van der Waals surface area contributed by atoms with Gasteiger partial charge in [-0.2, -0.15) is 0 Å². The molecule has 6 nitrogen and oxygen atoms in total. The highest BCUT2D eigenvalue weighted by molar-refractivity contribution is 5.94. The number of carbonyl (C=O) groups is 3. The van der Waals surface area contributed by atoms with Gasteiger partial charge in [0.1, 0.15) is 6.04 Å². The first-order valence-corrected chi connectivity index (χ1v) is 6.42. The van der Waals surface area contributed by atoms with Crippen LogP contribution in [-0.4, -0.2) is 47.4 Å². The van der Waals surface area contributed by atoms with Crippen molar-refractivity contribution >= 4 is 17.8 Å². The Morgan fingerprint density at radius 1 is 1.32 bits per heavy atom. The summed E-state index contributed by atoms with van der Waals surface area (Å²) in [6.45, 7) is 7.52. The van der Waals surface area contributed by atoms with Crippen LogP contribution >= 0.6 is 0 Å². The van der Waals surface area contributed by atoms with Crippen LogP contribution in [0.3, 0.4) is 0 Å². The molecule has 3 unspecified atom stereocenters. The molecule has 2 N–H and O–H groups in total. The molecule has 0 bridgehead atoms. The van der Waals surface area contributed by atoms with Gasteiger partial charge in [0.15, 0.2) is 0 Å². The lowest BCUT2D eigenvalue weighted by Crippen LogP contribution is -2.46. The molecule has 0 aliphatic heterocycles. The first-order valence-electron chi connectivity index (χ1n) is 6.42. The molecule has 0 heterocycles. The summed E-state index contributed by atoms with van der Waals surface area (Å²) in [6, 6.07) is -0.636. The van der Waals surface area contributed by atoms with Crippen LogP contribution in [0.1, 0.15) is 27.7 Å². The summed E-state index contributed by atoms with van der Waals surface area (Å²) in [6.07, 6.45) is 0. The van der Waals surface area contributed by atoms with Crippen LogP contribution in [0.4, 0.5) is 0 Å². The standard InChI is InChI=1S/C13H22N2O4/c1-6-15(5)11(17)7(2)14-10(16)8-9(12(18)19)13(8,3)4/h7-9H,6H2,1-5H3,(H,14,16)(H,18,19). The SMILES string of the molecule is CCN(C)C(=O)C(C)NC(=O)C1C(C(=O)O)C1(C)C. The summed E-state index contributed by atoms with van der Waals surface area (Å²) in [5.41, 5.74) is -0.546. The monoisotopic (exact) mass is 270 g/mol. The summed E-state index contributed by atoms with van der Waals surface area (Å²) < 4.78 is 0. The van der Waals surface area contributed by atoms with Crippen LogP contribution in [0.15, 0.2) is 0 Å². The Hall–Kier alpha value is -1.59. The molecule has 0 aromatic heterocycles. The van der Waals surface area contributed by atoms with Gasteiger partial charge in [-0.25, -0.2) is 0 Å². The summed E-state index contributed by atoms with van der Waals surface area (Å²) >= 11 is 0. The fraction of sp³-hybridized carbons (Fsp3) is 0.769. The first kappa shape index (κ1) is 15.5. The number of nitrogens with one attached hydrogen (secondary N) is 1. The van der Waals surface area contributed by atoms with E-state index in [-0.39, 0.29) is 11.8 Å². The number of amides is 2. The Bertz CT molecular complexity index is 405. The summed E-state index contributed by atoms with van der Waals surface area (Å²) in [7, 11) is 1.66. The highest BCUT2D eigenvalue weighted by Crippen LogP contribution is 2.58. The van der Waals surface area contributed by atoms with E-state index in [0.717, 1.165) is 0 Å². The molecular weight excluding hydrogens is 248 g/mol. The van der Waals surface area contributed by atoms with Crippen molar-refractivity contribution in [3.63, 3.8) is 0 Å². The quantitative estimate of drug-likeness (QED) is 0.753. The lowest BCUT2D eigenvalue weighted by atomic mass is 10.1. The smallest absolute Gasteiger partial charge is 0.307 e. The summed E-state index contributed by atoms with van der Waals surface area (Å²) in [4.78, 5) is 36.4. The highest BCUT2D eigenvalue weighted by atomic mass is 16.4. The predicted octanol–water partition coefficient (Wildman–Crippen LogP) is 0.326. The van der Waals surface area contributed by atoms with Crippen molar-refractivity contribution in [1.29, 1.82) is 0 Å². The van der Waals surface area contributed by atoms with E-state index in [1.165, 1.54) is 4.90 Å². The lowest BCUT2D eigenvalue weighted by Gasteiger charge is -2.20. The maximum absolute atomic E-state index is 12.0. The van der Waals surface area contributed by atoms with E-state index >= 15 is 0 Å². The van der Waals surface area contributed by atoms with E-state index in [2.05, 4.69) is 5.32 Å². The van der Waals surface area contributed by atoms with Gasteiger partial charge in [-0.15, -0.1) is 0 Å². The van der Waals surface area contributed by atoms with Crippen molar-refractivity contribution in [2.45, 2.75) is 33.7 Å². The number of carbonyl (C=O) groups excluding carboxylic acids is 2. The molecule has 19 heavy (non-hydrogen) atoms. The van der Waals surface area contributed by atoms with Crippen molar-refractivity contribution in [2.24, 2.45) is 17.3 Å². The maximum atomic E-state index is 12.0. The molecule has 1 saturated carbocycles. The number of carboxylic acid groups (broad SMARTS) is 1. The van der Waals surface area contributed by atoms with Crippen molar-refractivity contribution in [2.75, 3.05) is 13.6 Å². The molecular formula is C13H22N2O4. The largest absolute Gasteiger partial charge is 0.481 e. The molecule has 0 saturated heterocycles. The zero-order chi connectivity index (χ0) is 15.0. The molecule has 1 fully saturated rings. The molecule has 108 valence electrons. The van der Waals surface area contributed by atoms with Crippen molar-refractivity contribution in [1.82, 2.24) is 10.2 Å². The van der Waals surface area contributed by atoms with Crippen molar-refractivity contribution in [3.8, 4) is 0 Å². The lowest BCUT2D eigenvalue weighted by molar-refractivity contribution is -0.140. The van der Waals surface area contributed by atoms with Gasteiger partial charge in [0.25, 0.3) is 0 Å². The second-order valence-electron chi connectivity index (χ2n) is 5.70. The van der Waals surface area contributed by atoms with Crippen molar-refractivity contribution in [3.05, 3.63) is 0 Å². The molecule has 6 heteroatoms. The molecule has 1 aliphatic carbocycles. The molecule has 3 atom stereocenters. The van der Waals surface area contributed by atoms with E-state index in [1.54, 1.807) is 27.8 Å². The Labute approximate surface area is 113 Å². The number of hydrogen-bond acceptors (Lipinski definition) is 3. The number of rotatable bonds is 5. The van der Waals surface area contributed by atoms with E-state index in [9.17, 15) is 14.4 Å². The molecule has 0 aromatic rings. The fourth-order valence-electron chi connectivity index (χ4n) is 2.44. The van der Waals surface area contributed by atoms with Gasteiger partial charge in [-0.05, 0) is 19.3 Å². The zero-order valence-corrected chi connectivity index (χ0v) is 12.1. The molecule has 0 spiro atoms.